The zero-order chi connectivity index (χ0) is 8.10. The van der Waals surface area contributed by atoms with Crippen molar-refractivity contribution in [1.82, 2.24) is 5.32 Å². The lowest BCUT2D eigenvalue weighted by Gasteiger charge is -2.22. The van der Waals surface area contributed by atoms with E-state index in [4.69, 9.17) is 0 Å². The highest BCUT2D eigenvalue weighted by molar-refractivity contribution is 4.76. The average Bonchev–Trinajstić information content (AvgIpc) is 2.03. The first kappa shape index (κ1) is 9.05. The molecule has 1 fully saturated rings. The third kappa shape index (κ3) is 3.76. The quantitative estimate of drug-likeness (QED) is 0.659. The van der Waals surface area contributed by atoms with Crippen molar-refractivity contribution in [3.63, 3.8) is 0 Å². The van der Waals surface area contributed by atoms with Crippen LogP contribution in [0.5, 0.6) is 0 Å². The Bertz CT molecular complexity index is 93.0. The molecule has 0 saturated carbocycles. The number of hydrogen-bond acceptors (Lipinski definition) is 1. The third-order valence-electron chi connectivity index (χ3n) is 2.44. The smallest absolute Gasteiger partial charge is 0.0223 e. The summed E-state index contributed by atoms with van der Waals surface area (Å²) in [6.07, 6.45) is 5.49. The highest BCUT2D eigenvalue weighted by atomic mass is 14.9. The SMILES string of the molecule is CC(C)CCC1C[CH]NCC1. The van der Waals surface area contributed by atoms with Gasteiger partial charge in [-0.25, -0.2) is 0 Å². The molecule has 1 rings (SSSR count). The van der Waals surface area contributed by atoms with Crippen LogP contribution in [0.3, 0.4) is 0 Å². The van der Waals surface area contributed by atoms with Gasteiger partial charge < -0.3 is 5.32 Å². The van der Waals surface area contributed by atoms with E-state index in [0.717, 1.165) is 11.8 Å². The molecule has 0 aromatic rings. The minimum Gasteiger partial charge on any atom is -0.312 e. The van der Waals surface area contributed by atoms with Gasteiger partial charge in [0.25, 0.3) is 0 Å². The van der Waals surface area contributed by atoms with Crippen LogP contribution >= 0.6 is 0 Å². The van der Waals surface area contributed by atoms with Crippen molar-refractivity contribution in [3.05, 3.63) is 6.54 Å². The van der Waals surface area contributed by atoms with Gasteiger partial charge in [0.15, 0.2) is 0 Å². The average molecular weight is 154 g/mol. The van der Waals surface area contributed by atoms with Gasteiger partial charge in [0.1, 0.15) is 0 Å². The summed E-state index contributed by atoms with van der Waals surface area (Å²) < 4.78 is 0. The van der Waals surface area contributed by atoms with E-state index in [1.165, 1.54) is 32.2 Å². The maximum Gasteiger partial charge on any atom is 0.0223 e. The third-order valence-corrected chi connectivity index (χ3v) is 2.44. The summed E-state index contributed by atoms with van der Waals surface area (Å²) in [5, 5.41) is 3.28. The van der Waals surface area contributed by atoms with Crippen molar-refractivity contribution in [2.24, 2.45) is 11.8 Å². The van der Waals surface area contributed by atoms with Crippen LogP contribution < -0.4 is 5.32 Å². The van der Waals surface area contributed by atoms with Crippen LogP contribution in [0, 0.1) is 18.4 Å². The summed E-state index contributed by atoms with van der Waals surface area (Å²) in [4.78, 5) is 0. The van der Waals surface area contributed by atoms with E-state index in [1.54, 1.807) is 0 Å². The molecule has 1 radical (unpaired) electrons. The Kier molecular flexibility index (Phi) is 3.92. The summed E-state index contributed by atoms with van der Waals surface area (Å²) >= 11 is 0. The van der Waals surface area contributed by atoms with Gasteiger partial charge >= 0.3 is 0 Å². The van der Waals surface area contributed by atoms with E-state index in [0.29, 0.717) is 0 Å². The zero-order valence-electron chi connectivity index (χ0n) is 7.77. The van der Waals surface area contributed by atoms with Gasteiger partial charge in [-0.2, -0.15) is 0 Å². The minimum absolute atomic E-state index is 0.880. The fourth-order valence-corrected chi connectivity index (χ4v) is 1.59. The van der Waals surface area contributed by atoms with Crippen LogP contribution in [-0.2, 0) is 0 Å². The summed E-state index contributed by atoms with van der Waals surface area (Å²) in [5.74, 6) is 1.85. The topological polar surface area (TPSA) is 12.0 Å². The molecule has 0 aromatic carbocycles. The highest BCUT2D eigenvalue weighted by Gasteiger charge is 2.12. The standard InChI is InChI=1S/C10H20N/c1-9(2)3-4-10-5-7-11-8-6-10/h7,9-11H,3-6,8H2,1-2H3. The summed E-state index contributed by atoms with van der Waals surface area (Å²) in [6, 6.07) is 0. The zero-order valence-corrected chi connectivity index (χ0v) is 7.77. The maximum absolute atomic E-state index is 3.28. The summed E-state index contributed by atoms with van der Waals surface area (Å²) in [6.45, 7) is 8.05. The van der Waals surface area contributed by atoms with Crippen LogP contribution in [-0.4, -0.2) is 6.54 Å². The maximum atomic E-state index is 3.28. The molecule has 1 N–H and O–H groups in total. The van der Waals surface area contributed by atoms with Crippen molar-refractivity contribution < 1.29 is 0 Å². The molecule has 1 unspecified atom stereocenters. The van der Waals surface area contributed by atoms with E-state index >= 15 is 0 Å². The molecule has 1 aliphatic heterocycles. The van der Waals surface area contributed by atoms with E-state index in [9.17, 15) is 0 Å². The Labute approximate surface area is 70.6 Å². The number of rotatable bonds is 3. The first-order valence-corrected chi connectivity index (χ1v) is 4.84. The molecule has 0 spiro atoms. The van der Waals surface area contributed by atoms with E-state index < -0.39 is 0 Å². The van der Waals surface area contributed by atoms with E-state index in [2.05, 4.69) is 25.7 Å². The molecule has 65 valence electrons. The Hall–Kier alpha value is -0.0400. The number of piperidine rings is 1. The van der Waals surface area contributed by atoms with Gasteiger partial charge in [0.05, 0.1) is 0 Å². The second-order valence-corrected chi connectivity index (χ2v) is 4.02. The fourth-order valence-electron chi connectivity index (χ4n) is 1.59. The van der Waals surface area contributed by atoms with Crippen LogP contribution in [0.15, 0.2) is 0 Å². The van der Waals surface area contributed by atoms with Crippen molar-refractivity contribution in [1.29, 1.82) is 0 Å². The Morgan fingerprint density at radius 2 is 2.36 bits per heavy atom. The largest absolute Gasteiger partial charge is 0.312 e. The molecule has 1 atom stereocenters. The van der Waals surface area contributed by atoms with Crippen LogP contribution in [0.1, 0.15) is 39.5 Å². The van der Waals surface area contributed by atoms with E-state index in [-0.39, 0.29) is 0 Å². The molecular formula is C10H20N. The van der Waals surface area contributed by atoms with E-state index in [1.807, 2.05) is 0 Å². The second kappa shape index (κ2) is 4.76. The highest BCUT2D eigenvalue weighted by Crippen LogP contribution is 2.21. The van der Waals surface area contributed by atoms with Crippen molar-refractivity contribution in [3.8, 4) is 0 Å². The van der Waals surface area contributed by atoms with Crippen LogP contribution in [0.25, 0.3) is 0 Å². The number of nitrogens with one attached hydrogen (secondary N) is 1. The Morgan fingerprint density at radius 1 is 1.55 bits per heavy atom. The fraction of sp³-hybridized carbons (Fsp3) is 0.900. The molecule has 0 aromatic heterocycles. The summed E-state index contributed by atoms with van der Waals surface area (Å²) in [7, 11) is 0. The van der Waals surface area contributed by atoms with Crippen LogP contribution in [0.4, 0.5) is 0 Å². The van der Waals surface area contributed by atoms with Gasteiger partial charge in [-0.05, 0) is 31.2 Å². The molecule has 1 saturated heterocycles. The first-order valence-electron chi connectivity index (χ1n) is 4.84. The Morgan fingerprint density at radius 3 is 2.91 bits per heavy atom. The molecular weight excluding hydrogens is 134 g/mol. The molecule has 1 aliphatic rings. The van der Waals surface area contributed by atoms with Gasteiger partial charge in [0, 0.05) is 6.54 Å². The van der Waals surface area contributed by atoms with Crippen molar-refractivity contribution in [2.45, 2.75) is 39.5 Å². The lowest BCUT2D eigenvalue weighted by atomic mass is 9.90. The first-order chi connectivity index (χ1) is 5.29. The lowest BCUT2D eigenvalue weighted by molar-refractivity contribution is 0.356. The normalized spacial score (nSPS) is 21.0. The molecule has 1 heterocycles. The lowest BCUT2D eigenvalue weighted by Crippen LogP contribution is -2.23. The van der Waals surface area contributed by atoms with Gasteiger partial charge in [-0.15, -0.1) is 0 Å². The van der Waals surface area contributed by atoms with Gasteiger partial charge in [0.2, 0.25) is 0 Å². The molecule has 1 heteroatoms. The van der Waals surface area contributed by atoms with Crippen molar-refractivity contribution >= 4 is 0 Å². The molecule has 0 amide bonds. The van der Waals surface area contributed by atoms with Crippen molar-refractivity contribution in [2.75, 3.05) is 6.54 Å². The molecule has 1 nitrogen and oxygen atoms in total. The van der Waals surface area contributed by atoms with Gasteiger partial charge in [-0.1, -0.05) is 26.7 Å². The van der Waals surface area contributed by atoms with Crippen LogP contribution in [0.2, 0.25) is 0 Å². The predicted octanol–water partition coefficient (Wildman–Crippen LogP) is 2.58. The molecule has 0 bridgehead atoms. The minimum atomic E-state index is 0.880. The Balaban J connectivity index is 2.05. The molecule has 0 aliphatic carbocycles. The number of hydrogen-bond donors (Lipinski definition) is 1. The monoisotopic (exact) mass is 154 g/mol. The second-order valence-electron chi connectivity index (χ2n) is 4.02. The predicted molar refractivity (Wildman–Crippen MR) is 49.1 cm³/mol. The summed E-state index contributed by atoms with van der Waals surface area (Å²) in [5.41, 5.74) is 0. The van der Waals surface area contributed by atoms with Gasteiger partial charge in [-0.3, -0.25) is 0 Å². The molecule has 11 heavy (non-hydrogen) atoms.